The molecule has 0 bridgehead atoms. The maximum Gasteiger partial charge on any atom is 0.296 e. The van der Waals surface area contributed by atoms with E-state index in [-0.39, 0.29) is 22.3 Å². The summed E-state index contributed by atoms with van der Waals surface area (Å²) in [5.41, 5.74) is 6.44. The number of hydrogen-bond donors (Lipinski definition) is 4. The molecule has 0 saturated heterocycles. The minimum Gasteiger partial charge on any atom is -0.382 e. The third-order valence-electron chi connectivity index (χ3n) is 4.54. The van der Waals surface area contributed by atoms with Crippen molar-refractivity contribution < 1.29 is 40.6 Å². The molecule has 0 atom stereocenters. The molecule has 15 nitrogen and oxygen atoms in total. The predicted molar refractivity (Wildman–Crippen MR) is 127 cm³/mol. The minimum atomic E-state index is -4.83. The Morgan fingerprint density at radius 3 is 2.50 bits per heavy atom. The van der Waals surface area contributed by atoms with Gasteiger partial charge in [0.1, 0.15) is 4.90 Å². The van der Waals surface area contributed by atoms with Crippen molar-refractivity contribution in [2.75, 3.05) is 5.73 Å². The van der Waals surface area contributed by atoms with Crippen molar-refractivity contribution in [3.8, 4) is 5.69 Å². The number of rotatable bonds is 8. The summed E-state index contributed by atoms with van der Waals surface area (Å²) in [5.74, 6) is -0.227. The average Bonchev–Trinajstić information content (AvgIpc) is 3.33. The van der Waals surface area contributed by atoms with Crippen molar-refractivity contribution >= 4 is 70.5 Å². The number of fused-ring (bicyclic) bond motifs is 1. The molecule has 0 radical (unpaired) electrons. The Labute approximate surface area is 210 Å². The number of aromatic nitrogens is 3. The van der Waals surface area contributed by atoms with E-state index in [1.54, 1.807) is 18.2 Å². The lowest BCUT2D eigenvalue weighted by Gasteiger charge is -2.10. The first-order valence-corrected chi connectivity index (χ1v) is 13.7. The highest BCUT2D eigenvalue weighted by Gasteiger charge is 2.24. The zero-order valence-electron chi connectivity index (χ0n) is 17.7. The van der Waals surface area contributed by atoms with E-state index < -0.39 is 35.7 Å². The van der Waals surface area contributed by atoms with Crippen LogP contribution in [0.5, 0.6) is 0 Å². The molecule has 190 valence electrons. The third-order valence-corrected chi connectivity index (χ3v) is 7.79. The second-order valence-corrected chi connectivity index (χ2v) is 11.5. The molecule has 19 heteroatoms. The Kier molecular flexibility index (Phi) is 7.10. The molecule has 0 aliphatic rings. The summed E-state index contributed by atoms with van der Waals surface area (Å²) in [5, 5.41) is 24.3. The summed E-state index contributed by atoms with van der Waals surface area (Å²) in [4.78, 5) is 3.55. The first-order valence-electron chi connectivity index (χ1n) is 9.30. The van der Waals surface area contributed by atoms with Crippen molar-refractivity contribution in [3.05, 3.63) is 42.1 Å². The van der Waals surface area contributed by atoms with Crippen LogP contribution in [0.1, 0.15) is 5.69 Å². The summed E-state index contributed by atoms with van der Waals surface area (Å²) in [6.45, 7) is 1.49. The number of thiazole rings is 1. The van der Waals surface area contributed by atoms with Crippen LogP contribution in [0.4, 0.5) is 16.6 Å². The lowest BCUT2D eigenvalue weighted by molar-refractivity contribution is -0.432. The minimum absolute atomic E-state index is 0.0255. The summed E-state index contributed by atoms with van der Waals surface area (Å²) >= 11 is 1.96. The fourth-order valence-electron chi connectivity index (χ4n) is 3.02. The molecule has 0 fully saturated rings. The molecule has 0 aliphatic heterocycles. The van der Waals surface area contributed by atoms with Gasteiger partial charge in [-0.15, -0.1) is 14.6 Å². The lowest BCUT2D eigenvalue weighted by atomic mass is 10.3. The van der Waals surface area contributed by atoms with E-state index >= 15 is 0 Å². The van der Waals surface area contributed by atoms with Crippen LogP contribution in [-0.2, 0) is 29.6 Å². The topological polar surface area (TPSA) is 229 Å². The second kappa shape index (κ2) is 9.80. The van der Waals surface area contributed by atoms with Crippen molar-refractivity contribution in [1.29, 1.82) is 0 Å². The van der Waals surface area contributed by atoms with Gasteiger partial charge in [-0.3, -0.25) is 9.11 Å². The number of hydrogen-bond acceptors (Lipinski definition) is 14. The van der Waals surface area contributed by atoms with Crippen LogP contribution < -0.4 is 5.73 Å². The Morgan fingerprint density at radius 1 is 1.08 bits per heavy atom. The maximum absolute atomic E-state index is 11.9. The standard InChI is InChI=1S/C17H14N6O9S4/c1-8-15(20-21-17-19-11-6-9(34-32-31-24)2-4-13(11)33-17)16(18)23(22-8)12-7-10(35(25,26)27)3-5-14(12)36(28,29)30/h2-7,24H,18H2,1H3,(H,25,26,27)(H,28,29,30)/b21-20+. The third kappa shape index (κ3) is 5.38. The van der Waals surface area contributed by atoms with Crippen LogP contribution in [0.3, 0.4) is 0 Å². The van der Waals surface area contributed by atoms with E-state index in [4.69, 9.17) is 11.0 Å². The van der Waals surface area contributed by atoms with Crippen LogP contribution in [-0.4, -0.2) is 46.0 Å². The number of anilines is 1. The molecule has 0 saturated carbocycles. The molecule has 4 rings (SSSR count). The Balaban J connectivity index is 1.74. The van der Waals surface area contributed by atoms with Gasteiger partial charge in [0.2, 0.25) is 5.13 Å². The smallest absolute Gasteiger partial charge is 0.296 e. The van der Waals surface area contributed by atoms with Crippen LogP contribution in [0, 0.1) is 6.92 Å². The average molecular weight is 575 g/mol. The molecule has 0 unspecified atom stereocenters. The molecule has 4 aromatic rings. The maximum atomic E-state index is 11.9. The molecule has 2 aromatic heterocycles. The first kappa shape index (κ1) is 26.1. The molecule has 0 spiro atoms. The monoisotopic (exact) mass is 574 g/mol. The highest BCUT2D eigenvalue weighted by molar-refractivity contribution is 7.94. The fraction of sp³-hybridized carbons (Fsp3) is 0.0588. The summed E-state index contributed by atoms with van der Waals surface area (Å²) in [7, 11) is -9.55. The highest BCUT2D eigenvalue weighted by Crippen LogP contribution is 2.36. The lowest BCUT2D eigenvalue weighted by Crippen LogP contribution is -2.11. The Bertz CT molecular complexity index is 1710. The SMILES string of the molecule is Cc1nn(-c2cc(S(=O)(=O)O)ccc2S(=O)(=O)O)c(N)c1/N=N/c1nc2cc(SOOO)ccc2s1. The Morgan fingerprint density at radius 2 is 1.83 bits per heavy atom. The van der Waals surface area contributed by atoms with Crippen molar-refractivity contribution in [3.63, 3.8) is 0 Å². The van der Waals surface area contributed by atoms with E-state index in [9.17, 15) is 25.9 Å². The number of aryl methyl sites for hydroxylation is 1. The van der Waals surface area contributed by atoms with Crippen molar-refractivity contribution in [2.45, 2.75) is 21.6 Å². The van der Waals surface area contributed by atoms with Gasteiger partial charge in [-0.25, -0.2) is 14.9 Å². The number of azo groups is 1. The highest BCUT2D eigenvalue weighted by atomic mass is 32.2. The molecule has 5 N–H and O–H groups in total. The molecule has 36 heavy (non-hydrogen) atoms. The van der Waals surface area contributed by atoms with Crippen molar-refractivity contribution in [2.24, 2.45) is 10.2 Å². The van der Waals surface area contributed by atoms with Gasteiger partial charge in [0, 0.05) is 4.90 Å². The zero-order valence-corrected chi connectivity index (χ0v) is 21.0. The Hall–Kier alpha value is -3.01. The van der Waals surface area contributed by atoms with E-state index in [1.807, 2.05) is 0 Å². The van der Waals surface area contributed by atoms with Gasteiger partial charge in [0.15, 0.2) is 11.5 Å². The van der Waals surface area contributed by atoms with Gasteiger partial charge in [-0.1, -0.05) is 16.4 Å². The van der Waals surface area contributed by atoms with E-state index in [2.05, 4.69) is 29.7 Å². The summed E-state index contributed by atoms with van der Waals surface area (Å²) in [6.07, 6.45) is 0. The second-order valence-electron chi connectivity index (χ2n) is 6.86. The largest absolute Gasteiger partial charge is 0.382 e. The first-order chi connectivity index (χ1) is 16.9. The summed E-state index contributed by atoms with van der Waals surface area (Å²) in [6, 6.07) is 7.48. The molecule has 2 aromatic carbocycles. The number of nitrogens with two attached hydrogens (primary N) is 1. The molecular formula is C17H14N6O9S4. The number of nitrogens with zero attached hydrogens (tertiary/aromatic N) is 5. The van der Waals surface area contributed by atoms with Gasteiger partial charge in [0.05, 0.1) is 38.5 Å². The van der Waals surface area contributed by atoms with Gasteiger partial charge in [-0.2, -0.15) is 21.9 Å². The van der Waals surface area contributed by atoms with Crippen LogP contribution in [0.15, 0.2) is 61.3 Å². The predicted octanol–water partition coefficient (Wildman–Crippen LogP) is 3.71. The van der Waals surface area contributed by atoms with Crippen molar-refractivity contribution in [1.82, 2.24) is 14.8 Å². The van der Waals surface area contributed by atoms with Crippen LogP contribution in [0.25, 0.3) is 15.9 Å². The van der Waals surface area contributed by atoms with Gasteiger partial charge < -0.3 is 5.73 Å². The molecule has 2 heterocycles. The number of nitrogen functional groups attached to an aromatic ring is 1. The number of benzene rings is 2. The van der Waals surface area contributed by atoms with Crippen LogP contribution >= 0.6 is 23.4 Å². The van der Waals surface area contributed by atoms with Gasteiger partial charge in [0.25, 0.3) is 20.2 Å². The van der Waals surface area contributed by atoms with E-state index in [0.29, 0.717) is 10.4 Å². The van der Waals surface area contributed by atoms with E-state index in [0.717, 1.165) is 39.6 Å². The van der Waals surface area contributed by atoms with Crippen LogP contribution in [0.2, 0.25) is 0 Å². The quantitative estimate of drug-likeness (QED) is 0.0774. The van der Waals surface area contributed by atoms with E-state index in [1.165, 1.54) is 18.3 Å². The zero-order chi connectivity index (χ0) is 26.3. The molecule has 0 aliphatic carbocycles. The molecular weight excluding hydrogens is 560 g/mol. The molecule has 0 amide bonds. The van der Waals surface area contributed by atoms with Gasteiger partial charge in [-0.05, 0) is 43.3 Å². The normalized spacial score (nSPS) is 12.7. The van der Waals surface area contributed by atoms with Gasteiger partial charge >= 0.3 is 0 Å². The summed E-state index contributed by atoms with van der Waals surface area (Å²) < 4.78 is 71.8. The fourth-order valence-corrected chi connectivity index (χ4v) is 5.33.